The summed E-state index contributed by atoms with van der Waals surface area (Å²) in [7, 11) is -1.22. The number of hydrogen-bond acceptors (Lipinski definition) is 4. The van der Waals surface area contributed by atoms with Crippen LogP contribution in [-0.2, 0) is 9.84 Å². The van der Waals surface area contributed by atoms with E-state index in [0.717, 1.165) is 16.9 Å². The number of halogens is 1. The molecule has 0 radical (unpaired) electrons. The maximum Gasteiger partial charge on any atom is 0.254 e. The topological polar surface area (TPSA) is 72.3 Å². The van der Waals surface area contributed by atoms with Crippen LogP contribution in [0.1, 0.15) is 47.2 Å². The van der Waals surface area contributed by atoms with E-state index in [1.807, 2.05) is 48.7 Å². The highest BCUT2D eigenvalue weighted by molar-refractivity contribution is 7.91. The van der Waals surface area contributed by atoms with Gasteiger partial charge >= 0.3 is 0 Å². The van der Waals surface area contributed by atoms with Gasteiger partial charge in [-0.25, -0.2) is 13.4 Å². The fraction of sp³-hybridized carbons (Fsp3) is 0.364. The van der Waals surface area contributed by atoms with Gasteiger partial charge in [-0.2, -0.15) is 0 Å². The number of fused-ring (bicyclic) bond motifs is 1. The number of hydrogen-bond donors (Lipinski definition) is 0. The molecule has 6 nitrogen and oxygen atoms in total. The van der Waals surface area contributed by atoms with Gasteiger partial charge in [0, 0.05) is 17.6 Å². The lowest BCUT2D eigenvalue weighted by molar-refractivity contribution is 0.0743. The summed E-state index contributed by atoms with van der Waals surface area (Å²) in [4.78, 5) is 19.4. The number of amides is 1. The zero-order valence-electron chi connectivity index (χ0n) is 17.2. The molecule has 8 heteroatoms. The highest BCUT2D eigenvalue weighted by Gasteiger charge is 2.31. The van der Waals surface area contributed by atoms with Crippen LogP contribution in [0.3, 0.4) is 0 Å². The molecular weight excluding hydrogens is 422 g/mol. The molecule has 2 heterocycles. The number of nitrogens with zero attached hydrogens (tertiary/aromatic N) is 3. The van der Waals surface area contributed by atoms with Crippen LogP contribution in [0.15, 0.2) is 42.5 Å². The minimum atomic E-state index is -3.00. The van der Waals surface area contributed by atoms with Crippen molar-refractivity contribution in [3.8, 4) is 0 Å². The van der Waals surface area contributed by atoms with Gasteiger partial charge in [-0.05, 0) is 56.2 Å². The van der Waals surface area contributed by atoms with Gasteiger partial charge in [-0.15, -0.1) is 0 Å². The fourth-order valence-electron chi connectivity index (χ4n) is 4.14. The summed E-state index contributed by atoms with van der Waals surface area (Å²) in [5.74, 6) is 1.01. The van der Waals surface area contributed by atoms with E-state index in [2.05, 4.69) is 4.98 Å². The molecule has 0 unspecified atom stereocenters. The molecule has 158 valence electrons. The van der Waals surface area contributed by atoms with Crippen LogP contribution in [0.2, 0.25) is 5.02 Å². The third-order valence-electron chi connectivity index (χ3n) is 5.94. The van der Waals surface area contributed by atoms with Crippen LogP contribution in [0.25, 0.3) is 11.0 Å². The lowest BCUT2D eigenvalue weighted by atomic mass is 10.1. The van der Waals surface area contributed by atoms with Crippen molar-refractivity contribution < 1.29 is 13.2 Å². The van der Waals surface area contributed by atoms with E-state index in [1.54, 1.807) is 24.1 Å². The summed E-state index contributed by atoms with van der Waals surface area (Å²) in [5, 5.41) is 0.659. The summed E-state index contributed by atoms with van der Waals surface area (Å²) >= 11 is 5.96. The van der Waals surface area contributed by atoms with Crippen molar-refractivity contribution in [2.24, 2.45) is 0 Å². The molecular formula is C22H24ClN3O3S. The molecule has 3 aromatic rings. The Kier molecular flexibility index (Phi) is 5.36. The average Bonchev–Trinajstić information content (AvgIpc) is 3.23. The zero-order valence-corrected chi connectivity index (χ0v) is 18.7. The fourth-order valence-corrected chi connectivity index (χ4v) is 5.96. The van der Waals surface area contributed by atoms with E-state index < -0.39 is 9.84 Å². The quantitative estimate of drug-likeness (QED) is 0.603. The van der Waals surface area contributed by atoms with Crippen molar-refractivity contribution in [3.05, 3.63) is 64.4 Å². The number of aryl methyl sites for hydroxylation is 1. The Morgan fingerprint density at radius 2 is 1.93 bits per heavy atom. The van der Waals surface area contributed by atoms with Gasteiger partial charge in [0.25, 0.3) is 5.91 Å². The Bertz CT molecular complexity index is 1220. The Morgan fingerprint density at radius 3 is 2.57 bits per heavy atom. The van der Waals surface area contributed by atoms with Crippen molar-refractivity contribution in [1.29, 1.82) is 0 Å². The van der Waals surface area contributed by atoms with Gasteiger partial charge in [0.1, 0.15) is 5.82 Å². The largest absolute Gasteiger partial charge is 0.335 e. The van der Waals surface area contributed by atoms with Crippen molar-refractivity contribution in [3.63, 3.8) is 0 Å². The summed E-state index contributed by atoms with van der Waals surface area (Å²) in [5.41, 5.74) is 3.11. The van der Waals surface area contributed by atoms with Gasteiger partial charge in [0.15, 0.2) is 9.84 Å². The minimum absolute atomic E-state index is 0.102. The maximum absolute atomic E-state index is 13.1. The van der Waals surface area contributed by atoms with Gasteiger partial charge < -0.3 is 9.47 Å². The number of rotatable bonds is 4. The summed E-state index contributed by atoms with van der Waals surface area (Å²) in [6.45, 7) is 3.85. The van der Waals surface area contributed by atoms with E-state index in [1.165, 1.54) is 0 Å². The van der Waals surface area contributed by atoms with Crippen LogP contribution in [0.5, 0.6) is 0 Å². The number of sulfone groups is 1. The molecule has 0 spiro atoms. The molecule has 2 aromatic carbocycles. The smallest absolute Gasteiger partial charge is 0.254 e. The molecule has 1 aliphatic heterocycles. The van der Waals surface area contributed by atoms with Gasteiger partial charge in [0.2, 0.25) is 0 Å². The van der Waals surface area contributed by atoms with Crippen molar-refractivity contribution in [2.75, 3.05) is 18.6 Å². The molecule has 30 heavy (non-hydrogen) atoms. The standard InChI is InChI=1S/C22H24ClN3O3S/c1-14(16-4-7-18(23)8-5-16)25(3)22(27)17-6-9-21-20(12-17)24-15(2)26(21)19-10-11-30(28,29)13-19/h4-9,12,14,19H,10-11,13H2,1-3H3/t14-,19+/m0/s1. The summed E-state index contributed by atoms with van der Waals surface area (Å²) < 4.78 is 25.8. The Balaban J connectivity index is 1.62. The first kappa shape index (κ1) is 20.9. The molecule has 2 atom stereocenters. The second kappa shape index (κ2) is 7.71. The average molecular weight is 446 g/mol. The molecule has 0 saturated carbocycles. The van der Waals surface area contributed by atoms with Crippen LogP contribution in [-0.4, -0.2) is 47.3 Å². The van der Waals surface area contributed by atoms with Crippen molar-refractivity contribution >= 4 is 38.4 Å². The number of carbonyl (C=O) groups is 1. The molecule has 4 rings (SSSR count). The monoisotopic (exact) mass is 445 g/mol. The second-order valence-electron chi connectivity index (χ2n) is 7.93. The number of benzene rings is 2. The van der Waals surface area contributed by atoms with Crippen molar-refractivity contribution in [2.45, 2.75) is 32.4 Å². The highest BCUT2D eigenvalue weighted by atomic mass is 35.5. The Hall–Kier alpha value is -2.38. The third-order valence-corrected chi connectivity index (χ3v) is 7.94. The lowest BCUT2D eigenvalue weighted by Gasteiger charge is -2.25. The second-order valence-corrected chi connectivity index (χ2v) is 10.6. The van der Waals surface area contributed by atoms with E-state index in [4.69, 9.17) is 11.6 Å². The highest BCUT2D eigenvalue weighted by Crippen LogP contribution is 2.30. The zero-order chi connectivity index (χ0) is 21.6. The van der Waals surface area contributed by atoms with E-state index >= 15 is 0 Å². The van der Waals surface area contributed by atoms with Crippen LogP contribution >= 0.6 is 11.6 Å². The predicted molar refractivity (Wildman–Crippen MR) is 119 cm³/mol. The molecule has 1 aliphatic rings. The predicted octanol–water partition coefficient (Wildman–Crippen LogP) is 4.19. The minimum Gasteiger partial charge on any atom is -0.335 e. The molecule has 1 aromatic heterocycles. The summed E-state index contributed by atoms with van der Waals surface area (Å²) in [6.07, 6.45) is 0.594. The van der Waals surface area contributed by atoms with Crippen LogP contribution in [0, 0.1) is 6.92 Å². The molecule has 0 aliphatic carbocycles. The molecule has 0 bridgehead atoms. The maximum atomic E-state index is 13.1. The van der Waals surface area contributed by atoms with E-state index in [0.29, 0.717) is 22.5 Å². The Morgan fingerprint density at radius 1 is 1.23 bits per heavy atom. The number of imidazole rings is 1. The third kappa shape index (κ3) is 3.84. The molecule has 1 amide bonds. The molecule has 1 saturated heterocycles. The lowest BCUT2D eigenvalue weighted by Crippen LogP contribution is -2.29. The first-order chi connectivity index (χ1) is 14.2. The van der Waals surface area contributed by atoms with Crippen LogP contribution < -0.4 is 0 Å². The van der Waals surface area contributed by atoms with Crippen LogP contribution in [0.4, 0.5) is 0 Å². The molecule has 1 fully saturated rings. The van der Waals surface area contributed by atoms with E-state index in [9.17, 15) is 13.2 Å². The van der Waals surface area contributed by atoms with Crippen molar-refractivity contribution in [1.82, 2.24) is 14.5 Å². The first-order valence-electron chi connectivity index (χ1n) is 9.88. The Labute approximate surface area is 181 Å². The number of carbonyl (C=O) groups excluding carboxylic acids is 1. The number of aromatic nitrogens is 2. The molecule has 0 N–H and O–H groups in total. The first-order valence-corrected chi connectivity index (χ1v) is 12.1. The summed E-state index contributed by atoms with van der Waals surface area (Å²) in [6, 6.07) is 12.7. The normalized spacial score (nSPS) is 19.1. The SMILES string of the molecule is Cc1nc2cc(C(=O)N(C)[C@@H](C)c3ccc(Cl)cc3)ccc2n1[C@@H]1CCS(=O)(=O)C1. The van der Waals surface area contributed by atoms with E-state index in [-0.39, 0.29) is 29.5 Å². The van der Waals surface area contributed by atoms with Gasteiger partial charge in [-0.3, -0.25) is 4.79 Å². The van der Waals surface area contributed by atoms with Gasteiger partial charge in [-0.1, -0.05) is 23.7 Å². The van der Waals surface area contributed by atoms with Gasteiger partial charge in [0.05, 0.1) is 34.6 Å².